The summed E-state index contributed by atoms with van der Waals surface area (Å²) in [5, 5.41) is 11.2. The van der Waals surface area contributed by atoms with Gasteiger partial charge in [-0.05, 0) is 55.3 Å². The van der Waals surface area contributed by atoms with Crippen molar-refractivity contribution in [2.24, 2.45) is 0 Å². The summed E-state index contributed by atoms with van der Waals surface area (Å²) in [5.74, 6) is 0.0412. The molecule has 1 N–H and O–H groups in total. The van der Waals surface area contributed by atoms with Gasteiger partial charge in [0, 0.05) is 19.2 Å². The molecule has 0 aliphatic carbocycles. The number of aliphatic hydroxyl groups is 1. The molecule has 0 radical (unpaired) electrons. The van der Waals surface area contributed by atoms with Crippen LogP contribution in [0.5, 0.6) is 17.2 Å². The highest BCUT2D eigenvalue weighted by Crippen LogP contribution is 2.42. The van der Waals surface area contributed by atoms with E-state index in [9.17, 15) is 14.7 Å². The predicted molar refractivity (Wildman–Crippen MR) is 137 cm³/mol. The van der Waals surface area contributed by atoms with Gasteiger partial charge in [0.05, 0.1) is 38.5 Å². The number of carbonyl (C=O) groups excluding carboxylic acids is 2. The van der Waals surface area contributed by atoms with Gasteiger partial charge >= 0.3 is 0 Å². The summed E-state index contributed by atoms with van der Waals surface area (Å²) < 4.78 is 22.1. The van der Waals surface area contributed by atoms with Crippen LogP contribution in [0.4, 0.5) is 0 Å². The average Bonchev–Trinajstić information content (AvgIpc) is 3.15. The largest absolute Gasteiger partial charge is 0.507 e. The third kappa shape index (κ3) is 5.99. The van der Waals surface area contributed by atoms with Crippen LogP contribution in [-0.2, 0) is 14.3 Å². The molecular weight excluding hydrogens is 462 g/mol. The van der Waals surface area contributed by atoms with Crippen LogP contribution in [0.2, 0.25) is 0 Å². The van der Waals surface area contributed by atoms with E-state index in [0.717, 1.165) is 19.3 Å². The number of carbonyl (C=O) groups is 2. The fourth-order valence-corrected chi connectivity index (χ4v) is 4.17. The van der Waals surface area contributed by atoms with Crippen molar-refractivity contribution in [2.45, 2.75) is 39.2 Å². The molecule has 1 saturated heterocycles. The van der Waals surface area contributed by atoms with Crippen molar-refractivity contribution in [2.75, 3.05) is 40.6 Å². The Labute approximate surface area is 212 Å². The van der Waals surface area contributed by atoms with Crippen LogP contribution >= 0.6 is 0 Å². The van der Waals surface area contributed by atoms with Crippen LogP contribution in [0.1, 0.15) is 50.3 Å². The lowest BCUT2D eigenvalue weighted by Gasteiger charge is -2.26. The second kappa shape index (κ2) is 13.0. The number of Topliss-reactive ketones (excluding diaryl/α,β-unsaturated/α-hetero) is 1. The highest BCUT2D eigenvalue weighted by Gasteiger charge is 2.46. The molecular formula is C28H35NO7. The van der Waals surface area contributed by atoms with E-state index in [2.05, 4.69) is 6.92 Å². The SMILES string of the molecule is CCCCCOc1ccc(C2C(=C(O)c3ccc(OC)cc3)C(=O)C(=O)N2CCOC)cc1OCC. The molecule has 36 heavy (non-hydrogen) atoms. The average molecular weight is 498 g/mol. The number of amides is 1. The fourth-order valence-electron chi connectivity index (χ4n) is 4.17. The minimum absolute atomic E-state index is 0.0142. The number of rotatable bonds is 13. The molecule has 1 unspecified atom stereocenters. The van der Waals surface area contributed by atoms with Crippen LogP contribution in [0.25, 0.3) is 5.76 Å². The lowest BCUT2D eigenvalue weighted by atomic mass is 9.95. The number of ether oxygens (including phenoxy) is 4. The van der Waals surface area contributed by atoms with Crippen molar-refractivity contribution in [3.63, 3.8) is 0 Å². The Morgan fingerprint density at radius 1 is 0.944 bits per heavy atom. The van der Waals surface area contributed by atoms with Gasteiger partial charge in [-0.15, -0.1) is 0 Å². The molecule has 1 fully saturated rings. The van der Waals surface area contributed by atoms with E-state index in [1.807, 2.05) is 6.92 Å². The highest BCUT2D eigenvalue weighted by atomic mass is 16.5. The molecule has 0 saturated carbocycles. The summed E-state index contributed by atoms with van der Waals surface area (Å²) in [6.45, 7) is 5.42. The van der Waals surface area contributed by atoms with E-state index in [1.165, 1.54) is 12.0 Å². The normalized spacial score (nSPS) is 16.9. The maximum atomic E-state index is 13.2. The number of hydrogen-bond donors (Lipinski definition) is 1. The Bertz CT molecular complexity index is 1080. The maximum absolute atomic E-state index is 13.2. The molecule has 1 heterocycles. The molecule has 194 valence electrons. The molecule has 0 bridgehead atoms. The molecule has 1 atom stereocenters. The molecule has 0 aromatic heterocycles. The minimum atomic E-state index is -0.810. The number of hydrogen-bond acceptors (Lipinski definition) is 7. The number of unbranched alkanes of at least 4 members (excludes halogenated alkanes) is 2. The minimum Gasteiger partial charge on any atom is -0.507 e. The van der Waals surface area contributed by atoms with Gasteiger partial charge in [0.1, 0.15) is 11.5 Å². The number of benzene rings is 2. The quantitative estimate of drug-likeness (QED) is 0.185. The first-order valence-corrected chi connectivity index (χ1v) is 12.3. The third-order valence-electron chi connectivity index (χ3n) is 6.03. The maximum Gasteiger partial charge on any atom is 0.295 e. The van der Waals surface area contributed by atoms with Crippen molar-refractivity contribution in [1.82, 2.24) is 4.90 Å². The standard InChI is InChI=1S/C28H35NO7/c1-5-7-8-16-36-22-14-11-20(18-23(22)35-6-2)25-24(27(31)28(32)29(25)15-17-33-3)26(30)19-9-12-21(34-4)13-10-19/h9-14,18,25,30H,5-8,15-17H2,1-4H3. The van der Waals surface area contributed by atoms with Gasteiger partial charge in [0.15, 0.2) is 11.5 Å². The molecule has 1 aliphatic heterocycles. The van der Waals surface area contributed by atoms with Crippen molar-refractivity contribution < 1.29 is 33.6 Å². The molecule has 1 amide bonds. The fraction of sp³-hybridized carbons (Fsp3) is 0.429. The molecule has 8 nitrogen and oxygen atoms in total. The Kier molecular flexibility index (Phi) is 9.76. The van der Waals surface area contributed by atoms with Crippen LogP contribution in [0, 0.1) is 0 Å². The zero-order valence-electron chi connectivity index (χ0n) is 21.4. The smallest absolute Gasteiger partial charge is 0.295 e. The van der Waals surface area contributed by atoms with Crippen molar-refractivity contribution in [3.8, 4) is 17.2 Å². The zero-order chi connectivity index (χ0) is 26.1. The summed E-state index contributed by atoms with van der Waals surface area (Å²) in [6.07, 6.45) is 3.10. The first kappa shape index (κ1) is 27.1. The molecule has 1 aliphatic rings. The molecule has 2 aromatic carbocycles. The Hall–Kier alpha value is -3.52. The van der Waals surface area contributed by atoms with Crippen LogP contribution in [-0.4, -0.2) is 62.3 Å². The molecule has 3 rings (SSSR count). The van der Waals surface area contributed by atoms with E-state index >= 15 is 0 Å². The lowest BCUT2D eigenvalue weighted by molar-refractivity contribution is -0.140. The van der Waals surface area contributed by atoms with Gasteiger partial charge in [-0.1, -0.05) is 25.8 Å². The summed E-state index contributed by atoms with van der Waals surface area (Å²) in [4.78, 5) is 27.6. The second-order valence-electron chi connectivity index (χ2n) is 8.41. The van der Waals surface area contributed by atoms with Gasteiger partial charge in [-0.25, -0.2) is 0 Å². The van der Waals surface area contributed by atoms with Crippen molar-refractivity contribution >= 4 is 17.4 Å². The summed E-state index contributed by atoms with van der Waals surface area (Å²) in [5.41, 5.74) is 1.05. The number of aliphatic hydroxyl groups excluding tert-OH is 1. The number of ketones is 1. The van der Waals surface area contributed by atoms with Crippen molar-refractivity contribution in [1.29, 1.82) is 0 Å². The first-order valence-electron chi connectivity index (χ1n) is 12.3. The summed E-state index contributed by atoms with van der Waals surface area (Å²) >= 11 is 0. The molecule has 8 heteroatoms. The predicted octanol–water partition coefficient (Wildman–Crippen LogP) is 4.73. The topological polar surface area (TPSA) is 94.5 Å². The van der Waals surface area contributed by atoms with Crippen LogP contribution in [0.3, 0.4) is 0 Å². The second-order valence-corrected chi connectivity index (χ2v) is 8.41. The van der Waals surface area contributed by atoms with Crippen molar-refractivity contribution in [3.05, 3.63) is 59.2 Å². The molecule has 0 spiro atoms. The molecule has 2 aromatic rings. The zero-order valence-corrected chi connectivity index (χ0v) is 21.4. The summed E-state index contributed by atoms with van der Waals surface area (Å²) in [6, 6.07) is 11.2. The highest BCUT2D eigenvalue weighted by molar-refractivity contribution is 6.46. The van der Waals surface area contributed by atoms with E-state index in [4.69, 9.17) is 18.9 Å². The number of likely N-dealkylation sites (tertiary alicyclic amines) is 1. The van der Waals surface area contributed by atoms with Gasteiger partial charge in [0.25, 0.3) is 11.7 Å². The van der Waals surface area contributed by atoms with Crippen LogP contribution in [0.15, 0.2) is 48.0 Å². The van der Waals surface area contributed by atoms with E-state index in [0.29, 0.717) is 41.6 Å². The van der Waals surface area contributed by atoms with E-state index in [1.54, 1.807) is 49.6 Å². The monoisotopic (exact) mass is 497 g/mol. The van der Waals surface area contributed by atoms with Gasteiger partial charge in [-0.3, -0.25) is 9.59 Å². The first-order chi connectivity index (χ1) is 17.5. The van der Waals surface area contributed by atoms with Gasteiger partial charge in [-0.2, -0.15) is 0 Å². The Balaban J connectivity index is 2.07. The Morgan fingerprint density at radius 2 is 1.69 bits per heavy atom. The van der Waals surface area contributed by atoms with E-state index in [-0.39, 0.29) is 24.5 Å². The van der Waals surface area contributed by atoms with Crippen LogP contribution < -0.4 is 14.2 Å². The van der Waals surface area contributed by atoms with Gasteiger partial charge < -0.3 is 29.0 Å². The number of methoxy groups -OCH3 is 2. The summed E-state index contributed by atoms with van der Waals surface area (Å²) in [7, 11) is 3.07. The Morgan fingerprint density at radius 3 is 2.33 bits per heavy atom. The number of nitrogens with zero attached hydrogens (tertiary/aromatic N) is 1. The van der Waals surface area contributed by atoms with Gasteiger partial charge in [0.2, 0.25) is 0 Å². The third-order valence-corrected chi connectivity index (χ3v) is 6.03. The van der Waals surface area contributed by atoms with E-state index < -0.39 is 17.7 Å². The lowest BCUT2D eigenvalue weighted by Crippen LogP contribution is -2.32.